The van der Waals surface area contributed by atoms with Crippen LogP contribution in [0.4, 0.5) is 0 Å². The van der Waals surface area contributed by atoms with Gasteiger partial charge in [-0.1, -0.05) is 81.1 Å². The topological polar surface area (TPSA) is 38.3 Å². The van der Waals surface area contributed by atoms with E-state index in [1.54, 1.807) is 30.3 Å². The Morgan fingerprint density at radius 1 is 1.08 bits per heavy atom. The summed E-state index contributed by atoms with van der Waals surface area (Å²) in [6.07, 6.45) is 1.87. The normalized spacial score (nSPS) is 12.8. The van der Waals surface area contributed by atoms with Crippen LogP contribution in [0.1, 0.15) is 5.56 Å². The number of ether oxygens (including phenoxy) is 1. The molecule has 24 heavy (non-hydrogen) atoms. The van der Waals surface area contributed by atoms with Crippen LogP contribution in [-0.2, 0) is 4.79 Å². The van der Waals surface area contributed by atoms with Gasteiger partial charge in [-0.15, -0.1) is 0 Å². The Morgan fingerprint density at radius 2 is 1.71 bits per heavy atom. The van der Waals surface area contributed by atoms with Crippen LogP contribution in [0.15, 0.2) is 65.1 Å². The van der Waals surface area contributed by atoms with E-state index >= 15 is 0 Å². The minimum atomic E-state index is -1.83. The molecule has 0 aliphatic rings. The van der Waals surface area contributed by atoms with Gasteiger partial charge in [-0.25, -0.2) is 0 Å². The molecule has 0 bridgehead atoms. The highest BCUT2D eigenvalue weighted by Crippen LogP contribution is 2.32. The Morgan fingerprint density at radius 3 is 2.29 bits per heavy atom. The van der Waals surface area contributed by atoms with Crippen molar-refractivity contribution in [2.75, 3.05) is 0 Å². The minimum Gasteiger partial charge on any atom is -0.466 e. The third kappa shape index (κ3) is 6.36. The Labute approximate surface area is 163 Å². The van der Waals surface area contributed by atoms with Crippen LogP contribution in [0.3, 0.4) is 0 Å². The van der Waals surface area contributed by atoms with E-state index in [0.29, 0.717) is 5.75 Å². The van der Waals surface area contributed by atoms with Crippen LogP contribution in [0.25, 0.3) is 6.08 Å². The van der Waals surface area contributed by atoms with Crippen molar-refractivity contribution in [3.05, 3.63) is 70.7 Å². The van der Waals surface area contributed by atoms with E-state index < -0.39 is 15.9 Å². The summed E-state index contributed by atoms with van der Waals surface area (Å²) in [5.74, 6) is 0.0224. The fourth-order valence-electron chi connectivity index (χ4n) is 1.74. The standard InChI is InChI=1S/C17H13BrCl3NO2/c18-13-7-9-14(10-8-13)24-16(17(19,20)21)22-15(23)11-6-12-4-2-1-3-5-12/h1-11,16H,(H,22,23). The van der Waals surface area contributed by atoms with E-state index in [0.717, 1.165) is 10.0 Å². The monoisotopic (exact) mass is 447 g/mol. The molecule has 0 fully saturated rings. The van der Waals surface area contributed by atoms with E-state index in [4.69, 9.17) is 39.5 Å². The lowest BCUT2D eigenvalue weighted by Crippen LogP contribution is -2.47. The van der Waals surface area contributed by atoms with Crippen LogP contribution in [-0.4, -0.2) is 15.9 Å². The number of hydrogen-bond acceptors (Lipinski definition) is 2. The van der Waals surface area contributed by atoms with Crippen molar-refractivity contribution in [2.24, 2.45) is 0 Å². The van der Waals surface area contributed by atoms with Crippen molar-refractivity contribution in [2.45, 2.75) is 10.0 Å². The first-order valence-corrected chi connectivity index (χ1v) is 8.80. The second kappa shape index (κ2) is 8.77. The number of benzene rings is 2. The van der Waals surface area contributed by atoms with Gasteiger partial charge in [-0.2, -0.15) is 0 Å². The molecule has 3 nitrogen and oxygen atoms in total. The zero-order chi connectivity index (χ0) is 17.6. The molecule has 1 amide bonds. The molecule has 0 spiro atoms. The molecule has 0 saturated carbocycles. The van der Waals surface area contributed by atoms with E-state index in [2.05, 4.69) is 21.2 Å². The molecule has 2 aromatic carbocycles. The first kappa shape index (κ1) is 19.1. The smallest absolute Gasteiger partial charge is 0.246 e. The third-order valence-corrected chi connectivity index (χ3v) is 3.99. The maximum Gasteiger partial charge on any atom is 0.246 e. The Hall–Kier alpha value is -1.20. The van der Waals surface area contributed by atoms with Crippen molar-refractivity contribution in [3.8, 4) is 5.75 Å². The maximum absolute atomic E-state index is 12.1. The fraction of sp³-hybridized carbons (Fsp3) is 0.118. The molecule has 0 aliphatic heterocycles. The summed E-state index contributed by atoms with van der Waals surface area (Å²) in [6.45, 7) is 0. The number of alkyl halides is 3. The molecule has 126 valence electrons. The second-order valence-corrected chi connectivity index (χ2v) is 8.03. The number of carbonyl (C=O) groups excluding carboxylic acids is 1. The van der Waals surface area contributed by atoms with Gasteiger partial charge in [-0.3, -0.25) is 4.79 Å². The van der Waals surface area contributed by atoms with Gasteiger partial charge in [0.05, 0.1) is 0 Å². The fourth-order valence-corrected chi connectivity index (χ4v) is 2.30. The van der Waals surface area contributed by atoms with E-state index in [-0.39, 0.29) is 0 Å². The summed E-state index contributed by atoms with van der Waals surface area (Å²) in [6, 6.07) is 16.3. The Kier molecular flexibility index (Phi) is 6.99. The van der Waals surface area contributed by atoms with E-state index in [1.165, 1.54) is 6.08 Å². The minimum absolute atomic E-state index is 0.438. The zero-order valence-electron chi connectivity index (χ0n) is 12.3. The van der Waals surface area contributed by atoms with Crippen molar-refractivity contribution in [3.63, 3.8) is 0 Å². The average molecular weight is 450 g/mol. The molecular formula is C17H13BrCl3NO2. The molecular weight excluding hydrogens is 436 g/mol. The largest absolute Gasteiger partial charge is 0.466 e. The van der Waals surface area contributed by atoms with Gasteiger partial charge >= 0.3 is 0 Å². The van der Waals surface area contributed by atoms with Gasteiger partial charge in [0, 0.05) is 10.5 Å². The summed E-state index contributed by atoms with van der Waals surface area (Å²) in [5, 5.41) is 2.53. The predicted octanol–water partition coefficient (Wildman–Crippen LogP) is 5.35. The highest BCUT2D eigenvalue weighted by molar-refractivity contribution is 9.10. The number of rotatable bonds is 5. The van der Waals surface area contributed by atoms with Crippen molar-refractivity contribution in [1.29, 1.82) is 0 Å². The van der Waals surface area contributed by atoms with Gasteiger partial charge in [0.2, 0.25) is 15.9 Å². The van der Waals surface area contributed by atoms with E-state index in [1.807, 2.05) is 30.3 Å². The first-order chi connectivity index (χ1) is 11.3. The summed E-state index contributed by atoms with van der Waals surface area (Å²) >= 11 is 21.0. The van der Waals surface area contributed by atoms with E-state index in [9.17, 15) is 4.79 Å². The molecule has 0 aromatic heterocycles. The summed E-state index contributed by atoms with van der Waals surface area (Å²) in [7, 11) is 0. The van der Waals surface area contributed by atoms with Crippen LogP contribution < -0.4 is 10.1 Å². The van der Waals surface area contributed by atoms with Crippen molar-refractivity contribution < 1.29 is 9.53 Å². The molecule has 1 atom stereocenters. The van der Waals surface area contributed by atoms with Gasteiger partial charge in [0.15, 0.2) is 0 Å². The Bertz CT molecular complexity index is 700. The number of hydrogen-bond donors (Lipinski definition) is 1. The van der Waals surface area contributed by atoms with Crippen LogP contribution in [0.5, 0.6) is 5.75 Å². The molecule has 1 unspecified atom stereocenters. The van der Waals surface area contributed by atoms with Gasteiger partial charge in [0.25, 0.3) is 0 Å². The number of amides is 1. The SMILES string of the molecule is O=C(C=Cc1ccccc1)NC(Oc1ccc(Br)cc1)C(Cl)(Cl)Cl. The molecule has 0 radical (unpaired) electrons. The number of nitrogens with one attached hydrogen (secondary N) is 1. The lowest BCUT2D eigenvalue weighted by Gasteiger charge is -2.25. The molecule has 0 aliphatic carbocycles. The molecule has 0 heterocycles. The van der Waals surface area contributed by atoms with Crippen LogP contribution >= 0.6 is 50.7 Å². The number of halogens is 4. The lowest BCUT2D eigenvalue weighted by atomic mass is 10.2. The quantitative estimate of drug-likeness (QED) is 0.379. The lowest BCUT2D eigenvalue weighted by molar-refractivity contribution is -0.118. The molecule has 1 N–H and O–H groups in total. The molecule has 2 aromatic rings. The van der Waals surface area contributed by atoms with Crippen LogP contribution in [0, 0.1) is 0 Å². The Balaban J connectivity index is 2.04. The predicted molar refractivity (Wildman–Crippen MR) is 102 cm³/mol. The summed E-state index contributed by atoms with van der Waals surface area (Å²) in [4.78, 5) is 12.1. The van der Waals surface area contributed by atoms with Gasteiger partial charge < -0.3 is 10.1 Å². The highest BCUT2D eigenvalue weighted by Gasteiger charge is 2.35. The highest BCUT2D eigenvalue weighted by atomic mass is 79.9. The molecule has 2 rings (SSSR count). The van der Waals surface area contributed by atoms with Gasteiger partial charge in [-0.05, 0) is 35.9 Å². The zero-order valence-corrected chi connectivity index (χ0v) is 16.1. The summed E-state index contributed by atoms with van der Waals surface area (Å²) < 4.78 is 4.63. The van der Waals surface area contributed by atoms with Gasteiger partial charge in [0.1, 0.15) is 5.75 Å². The molecule has 7 heteroatoms. The number of carbonyl (C=O) groups is 1. The third-order valence-electron chi connectivity index (χ3n) is 2.86. The van der Waals surface area contributed by atoms with Crippen molar-refractivity contribution >= 4 is 62.7 Å². The molecule has 0 saturated heterocycles. The maximum atomic E-state index is 12.1. The van der Waals surface area contributed by atoms with Crippen molar-refractivity contribution in [1.82, 2.24) is 5.32 Å². The van der Waals surface area contributed by atoms with Crippen LogP contribution in [0.2, 0.25) is 0 Å². The first-order valence-electron chi connectivity index (χ1n) is 6.87. The average Bonchev–Trinajstić information content (AvgIpc) is 2.54. The second-order valence-electron chi connectivity index (χ2n) is 4.75. The summed E-state index contributed by atoms with van der Waals surface area (Å²) in [5.41, 5.74) is 0.881.